The SMILES string of the molecule is N#C[C@H](NCc1ccccc1)[C@@H]1CS[C@H](c2ccccc2)N1C(=O)Oc1ccccc1. The molecule has 0 aliphatic carbocycles. The van der Waals surface area contributed by atoms with Gasteiger partial charge in [0.1, 0.15) is 17.2 Å². The molecule has 0 bridgehead atoms. The third kappa shape index (κ3) is 5.08. The smallest absolute Gasteiger partial charge is 0.410 e. The first kappa shape index (κ1) is 21.0. The number of ether oxygens (including phenoxy) is 1. The molecule has 156 valence electrons. The third-order valence-electron chi connectivity index (χ3n) is 5.17. The van der Waals surface area contributed by atoms with Crippen LogP contribution in [0.15, 0.2) is 91.0 Å². The highest BCUT2D eigenvalue weighted by Crippen LogP contribution is 2.42. The van der Waals surface area contributed by atoms with Crippen LogP contribution in [0.5, 0.6) is 5.75 Å². The summed E-state index contributed by atoms with van der Waals surface area (Å²) in [6.45, 7) is 0.553. The Hall–Kier alpha value is -3.27. The van der Waals surface area contributed by atoms with Crippen LogP contribution in [0.4, 0.5) is 4.79 Å². The predicted octanol–water partition coefficient (Wildman–Crippen LogP) is 4.98. The Morgan fingerprint density at radius 1 is 1.03 bits per heavy atom. The van der Waals surface area contributed by atoms with Crippen molar-refractivity contribution in [2.45, 2.75) is 24.0 Å². The highest BCUT2D eigenvalue weighted by Gasteiger charge is 2.43. The van der Waals surface area contributed by atoms with Crippen LogP contribution < -0.4 is 10.1 Å². The first-order valence-electron chi connectivity index (χ1n) is 10.1. The molecule has 1 amide bonds. The number of para-hydroxylation sites is 1. The number of benzene rings is 3. The summed E-state index contributed by atoms with van der Waals surface area (Å²) in [6.07, 6.45) is -0.447. The molecule has 0 spiro atoms. The van der Waals surface area contributed by atoms with Gasteiger partial charge in [-0.25, -0.2) is 4.79 Å². The molecule has 6 heteroatoms. The van der Waals surface area contributed by atoms with Crippen molar-refractivity contribution in [2.24, 2.45) is 0 Å². The van der Waals surface area contributed by atoms with E-state index in [1.54, 1.807) is 28.8 Å². The monoisotopic (exact) mass is 429 g/mol. The Morgan fingerprint density at radius 2 is 1.65 bits per heavy atom. The van der Waals surface area contributed by atoms with Gasteiger partial charge in [0.05, 0.1) is 12.1 Å². The second-order valence-corrected chi connectivity index (χ2v) is 8.34. The molecular formula is C25H23N3O2S. The average molecular weight is 430 g/mol. The Kier molecular flexibility index (Phi) is 6.88. The van der Waals surface area contributed by atoms with E-state index in [1.807, 2.05) is 78.9 Å². The summed E-state index contributed by atoms with van der Waals surface area (Å²) < 4.78 is 5.67. The number of nitrogens with zero attached hydrogens (tertiary/aromatic N) is 2. The lowest BCUT2D eigenvalue weighted by Gasteiger charge is -2.31. The van der Waals surface area contributed by atoms with E-state index in [4.69, 9.17) is 4.74 Å². The van der Waals surface area contributed by atoms with Crippen LogP contribution in [-0.2, 0) is 6.54 Å². The molecule has 1 N–H and O–H groups in total. The summed E-state index contributed by atoms with van der Waals surface area (Å²) in [6, 6.07) is 30.4. The molecule has 1 aliphatic heterocycles. The fourth-order valence-electron chi connectivity index (χ4n) is 3.62. The topological polar surface area (TPSA) is 65.4 Å². The number of rotatable bonds is 6. The lowest BCUT2D eigenvalue weighted by molar-refractivity contribution is 0.129. The van der Waals surface area contributed by atoms with Gasteiger partial charge in [0.25, 0.3) is 0 Å². The highest BCUT2D eigenvalue weighted by atomic mass is 32.2. The van der Waals surface area contributed by atoms with Crippen molar-refractivity contribution < 1.29 is 9.53 Å². The minimum atomic E-state index is -0.523. The summed E-state index contributed by atoms with van der Waals surface area (Å²) in [5.74, 6) is 1.13. The maximum Gasteiger partial charge on any atom is 0.416 e. The molecule has 31 heavy (non-hydrogen) atoms. The van der Waals surface area contributed by atoms with Crippen molar-refractivity contribution in [3.05, 3.63) is 102 Å². The van der Waals surface area contributed by atoms with E-state index in [-0.39, 0.29) is 11.4 Å². The normalized spacial score (nSPS) is 18.9. The maximum atomic E-state index is 13.3. The summed E-state index contributed by atoms with van der Waals surface area (Å²) in [4.78, 5) is 15.0. The minimum absolute atomic E-state index is 0.211. The van der Waals surface area contributed by atoms with E-state index in [0.29, 0.717) is 18.0 Å². The number of nitriles is 1. The van der Waals surface area contributed by atoms with Gasteiger partial charge in [-0.15, -0.1) is 11.8 Å². The fourth-order valence-corrected chi connectivity index (χ4v) is 5.11. The van der Waals surface area contributed by atoms with Gasteiger partial charge in [-0.2, -0.15) is 5.26 Å². The Bertz CT molecular complexity index is 1020. The number of carbonyl (C=O) groups is 1. The average Bonchev–Trinajstić information content (AvgIpc) is 3.27. The Labute approximate surface area is 186 Å². The van der Waals surface area contributed by atoms with Gasteiger partial charge in [0, 0.05) is 12.3 Å². The van der Waals surface area contributed by atoms with Gasteiger partial charge >= 0.3 is 6.09 Å². The first-order valence-corrected chi connectivity index (χ1v) is 11.2. The lowest BCUT2D eigenvalue weighted by atomic mass is 10.1. The van der Waals surface area contributed by atoms with Crippen molar-refractivity contribution in [3.63, 3.8) is 0 Å². The number of nitrogens with one attached hydrogen (secondary N) is 1. The van der Waals surface area contributed by atoms with E-state index >= 15 is 0 Å². The molecule has 0 unspecified atom stereocenters. The minimum Gasteiger partial charge on any atom is -0.410 e. The molecule has 0 aromatic heterocycles. The Balaban J connectivity index is 1.57. The summed E-state index contributed by atoms with van der Waals surface area (Å²) in [7, 11) is 0. The molecule has 5 nitrogen and oxygen atoms in total. The van der Waals surface area contributed by atoms with Crippen molar-refractivity contribution in [1.29, 1.82) is 5.26 Å². The number of carbonyl (C=O) groups excluding carboxylic acids is 1. The molecule has 3 atom stereocenters. The summed E-state index contributed by atoms with van der Waals surface area (Å²) in [5, 5.41) is 13.0. The number of thioether (sulfide) groups is 1. The van der Waals surface area contributed by atoms with Gasteiger partial charge in [0.15, 0.2) is 0 Å². The van der Waals surface area contributed by atoms with Crippen LogP contribution in [0.2, 0.25) is 0 Å². The summed E-state index contributed by atoms with van der Waals surface area (Å²) in [5.41, 5.74) is 2.10. The zero-order chi connectivity index (χ0) is 21.5. The second kappa shape index (κ2) is 10.2. The largest absolute Gasteiger partial charge is 0.416 e. The van der Waals surface area contributed by atoms with Crippen LogP contribution in [-0.4, -0.2) is 28.8 Å². The molecule has 1 fully saturated rings. The molecule has 1 heterocycles. The quantitative estimate of drug-likeness (QED) is 0.598. The van der Waals surface area contributed by atoms with Crippen LogP contribution in [0.1, 0.15) is 16.5 Å². The second-order valence-electron chi connectivity index (χ2n) is 7.23. The molecule has 3 aromatic carbocycles. The van der Waals surface area contributed by atoms with E-state index in [1.165, 1.54) is 0 Å². The zero-order valence-corrected chi connectivity index (χ0v) is 17.7. The predicted molar refractivity (Wildman–Crippen MR) is 122 cm³/mol. The van der Waals surface area contributed by atoms with E-state index in [2.05, 4.69) is 11.4 Å². The van der Waals surface area contributed by atoms with E-state index in [0.717, 1.165) is 11.1 Å². The number of amides is 1. The highest BCUT2D eigenvalue weighted by molar-refractivity contribution is 7.99. The standard InChI is InChI=1S/C25H23N3O2S/c26-16-22(27-17-19-10-4-1-5-11-19)23-18-31-24(20-12-6-2-7-13-20)28(23)25(29)30-21-14-8-3-9-15-21/h1-15,22-24,27H,17-18H2/t22-,23-,24+/m0/s1. The molecule has 0 saturated carbocycles. The van der Waals surface area contributed by atoms with Gasteiger partial charge in [-0.05, 0) is 23.3 Å². The van der Waals surface area contributed by atoms with Crippen molar-refractivity contribution in [2.75, 3.05) is 5.75 Å². The molecule has 0 radical (unpaired) electrons. The van der Waals surface area contributed by atoms with Crippen LogP contribution in [0.25, 0.3) is 0 Å². The van der Waals surface area contributed by atoms with E-state index < -0.39 is 12.1 Å². The molecule has 3 aromatic rings. The van der Waals surface area contributed by atoms with Gasteiger partial charge in [-0.1, -0.05) is 78.9 Å². The van der Waals surface area contributed by atoms with Gasteiger partial charge in [-0.3, -0.25) is 10.2 Å². The Morgan fingerprint density at radius 3 is 2.29 bits per heavy atom. The molecular weight excluding hydrogens is 406 g/mol. The number of hydrogen-bond donors (Lipinski definition) is 1. The first-order chi connectivity index (χ1) is 15.3. The fraction of sp³-hybridized carbons (Fsp3) is 0.200. The van der Waals surface area contributed by atoms with Crippen molar-refractivity contribution >= 4 is 17.9 Å². The maximum absolute atomic E-state index is 13.3. The molecule has 4 rings (SSSR count). The molecule has 1 saturated heterocycles. The van der Waals surface area contributed by atoms with E-state index in [9.17, 15) is 10.1 Å². The van der Waals surface area contributed by atoms with Crippen LogP contribution in [0.3, 0.4) is 0 Å². The zero-order valence-electron chi connectivity index (χ0n) is 16.9. The number of hydrogen-bond acceptors (Lipinski definition) is 5. The van der Waals surface area contributed by atoms with Gasteiger partial charge in [0.2, 0.25) is 0 Å². The lowest BCUT2D eigenvalue weighted by Crippen LogP contribution is -2.51. The van der Waals surface area contributed by atoms with Gasteiger partial charge < -0.3 is 4.74 Å². The molecule has 1 aliphatic rings. The van der Waals surface area contributed by atoms with Crippen molar-refractivity contribution in [1.82, 2.24) is 10.2 Å². The van der Waals surface area contributed by atoms with Crippen molar-refractivity contribution in [3.8, 4) is 11.8 Å². The van der Waals surface area contributed by atoms with Crippen LogP contribution >= 0.6 is 11.8 Å². The third-order valence-corrected chi connectivity index (χ3v) is 6.52. The van der Waals surface area contributed by atoms with Crippen LogP contribution in [0, 0.1) is 11.3 Å². The summed E-state index contributed by atoms with van der Waals surface area (Å²) >= 11 is 1.65.